The maximum Gasteiger partial charge on any atom is 0.499 e. The molecule has 0 atom stereocenters. The van der Waals surface area contributed by atoms with Crippen molar-refractivity contribution in [1.82, 2.24) is 0 Å². The van der Waals surface area contributed by atoms with Crippen molar-refractivity contribution in [2.75, 3.05) is 6.61 Å². The molecule has 1 heterocycles. The van der Waals surface area contributed by atoms with Crippen molar-refractivity contribution in [3.63, 3.8) is 0 Å². The standard InChI is InChI=1S/C14H19BClFO3/c1-6-18-10-8-7-9(16)11(12(10)17)15-19-13(2,3)14(4,5)20-15/h7-8H,6H2,1-5H3. The molecule has 0 radical (unpaired) electrons. The first-order chi connectivity index (χ1) is 9.19. The normalized spacial score (nSPS) is 20.2. The highest BCUT2D eigenvalue weighted by molar-refractivity contribution is 6.65. The number of rotatable bonds is 3. The Labute approximate surface area is 124 Å². The second-order valence-corrected chi connectivity index (χ2v) is 6.20. The quantitative estimate of drug-likeness (QED) is 0.803. The minimum absolute atomic E-state index is 0.154. The molecule has 0 bridgehead atoms. The van der Waals surface area contributed by atoms with Gasteiger partial charge in [-0.3, -0.25) is 0 Å². The van der Waals surface area contributed by atoms with Crippen LogP contribution >= 0.6 is 11.6 Å². The van der Waals surface area contributed by atoms with Crippen LogP contribution in [0.3, 0.4) is 0 Å². The van der Waals surface area contributed by atoms with Gasteiger partial charge < -0.3 is 14.0 Å². The van der Waals surface area contributed by atoms with Crippen molar-refractivity contribution < 1.29 is 18.4 Å². The fourth-order valence-corrected chi connectivity index (χ4v) is 2.23. The number of halogens is 2. The largest absolute Gasteiger partial charge is 0.499 e. The van der Waals surface area contributed by atoms with Gasteiger partial charge in [-0.25, -0.2) is 4.39 Å². The van der Waals surface area contributed by atoms with Crippen LogP contribution in [0.25, 0.3) is 0 Å². The lowest BCUT2D eigenvalue weighted by Crippen LogP contribution is -2.41. The maximum atomic E-state index is 14.5. The van der Waals surface area contributed by atoms with Gasteiger partial charge in [0.1, 0.15) is 0 Å². The van der Waals surface area contributed by atoms with Crippen LogP contribution in [0.1, 0.15) is 34.6 Å². The molecule has 0 saturated carbocycles. The summed E-state index contributed by atoms with van der Waals surface area (Å²) < 4.78 is 31.4. The summed E-state index contributed by atoms with van der Waals surface area (Å²) >= 11 is 6.11. The highest BCUT2D eigenvalue weighted by Crippen LogP contribution is 2.37. The summed E-state index contributed by atoms with van der Waals surface area (Å²) in [6, 6.07) is 3.10. The third-order valence-corrected chi connectivity index (χ3v) is 4.21. The lowest BCUT2D eigenvalue weighted by atomic mass is 9.78. The van der Waals surface area contributed by atoms with E-state index in [0.717, 1.165) is 0 Å². The Hall–Kier alpha value is -0.775. The SMILES string of the molecule is CCOc1ccc(Cl)c(B2OC(C)(C)C(C)(C)O2)c1F. The van der Waals surface area contributed by atoms with Crippen molar-refractivity contribution >= 4 is 24.2 Å². The van der Waals surface area contributed by atoms with E-state index in [0.29, 0.717) is 6.61 Å². The second kappa shape index (κ2) is 5.21. The zero-order valence-electron chi connectivity index (χ0n) is 12.4. The van der Waals surface area contributed by atoms with Crippen LogP contribution in [-0.4, -0.2) is 24.9 Å². The fourth-order valence-electron chi connectivity index (χ4n) is 1.99. The molecule has 0 amide bonds. The number of ether oxygens (including phenoxy) is 1. The van der Waals surface area contributed by atoms with Crippen molar-refractivity contribution in [1.29, 1.82) is 0 Å². The third kappa shape index (κ3) is 2.54. The fraction of sp³-hybridized carbons (Fsp3) is 0.571. The summed E-state index contributed by atoms with van der Waals surface area (Å²) in [6.07, 6.45) is 0. The first-order valence-electron chi connectivity index (χ1n) is 6.66. The molecule has 2 rings (SSSR count). The predicted molar refractivity (Wildman–Crippen MR) is 78.3 cm³/mol. The summed E-state index contributed by atoms with van der Waals surface area (Å²) in [5.74, 6) is -0.375. The molecule has 110 valence electrons. The van der Waals surface area contributed by atoms with Crippen LogP contribution in [0.2, 0.25) is 5.02 Å². The minimum Gasteiger partial charge on any atom is -0.491 e. The van der Waals surface area contributed by atoms with Crippen LogP contribution in [0, 0.1) is 5.82 Å². The Morgan fingerprint density at radius 3 is 2.25 bits per heavy atom. The average Bonchev–Trinajstić information content (AvgIpc) is 2.52. The van der Waals surface area contributed by atoms with Gasteiger partial charge in [-0.2, -0.15) is 0 Å². The molecule has 1 aromatic rings. The monoisotopic (exact) mass is 300 g/mol. The van der Waals surface area contributed by atoms with Crippen molar-refractivity contribution in [2.24, 2.45) is 0 Å². The van der Waals surface area contributed by atoms with E-state index in [2.05, 4.69) is 0 Å². The molecule has 0 N–H and O–H groups in total. The van der Waals surface area contributed by atoms with E-state index in [1.165, 1.54) is 6.07 Å². The Balaban J connectivity index is 2.42. The molecule has 0 aliphatic carbocycles. The lowest BCUT2D eigenvalue weighted by molar-refractivity contribution is 0.00578. The van der Waals surface area contributed by atoms with E-state index in [4.69, 9.17) is 25.6 Å². The Morgan fingerprint density at radius 2 is 1.75 bits per heavy atom. The van der Waals surface area contributed by atoms with Gasteiger partial charge in [0.15, 0.2) is 11.6 Å². The van der Waals surface area contributed by atoms with Crippen molar-refractivity contribution in [3.05, 3.63) is 23.0 Å². The second-order valence-electron chi connectivity index (χ2n) is 5.79. The highest BCUT2D eigenvalue weighted by atomic mass is 35.5. The van der Waals surface area contributed by atoms with Crippen molar-refractivity contribution in [2.45, 2.75) is 45.8 Å². The van der Waals surface area contributed by atoms with Crippen LogP contribution < -0.4 is 10.2 Å². The number of hydrogen-bond acceptors (Lipinski definition) is 3. The minimum atomic E-state index is -0.840. The van der Waals surface area contributed by atoms with Gasteiger partial charge in [-0.15, -0.1) is 0 Å². The summed E-state index contributed by atoms with van der Waals surface area (Å²) in [6.45, 7) is 9.80. The Kier molecular flexibility index (Phi) is 4.06. The average molecular weight is 301 g/mol. The van der Waals surface area contributed by atoms with E-state index in [1.54, 1.807) is 13.0 Å². The molecule has 3 nitrogen and oxygen atoms in total. The predicted octanol–water partition coefficient (Wildman–Crippen LogP) is 3.18. The Bertz CT molecular complexity index is 503. The zero-order chi connectivity index (χ0) is 15.1. The summed E-state index contributed by atoms with van der Waals surface area (Å²) in [7, 11) is -0.840. The van der Waals surface area contributed by atoms with E-state index in [-0.39, 0.29) is 16.2 Å². The molecule has 6 heteroatoms. The number of benzene rings is 1. The van der Waals surface area contributed by atoms with Crippen molar-refractivity contribution in [3.8, 4) is 5.75 Å². The van der Waals surface area contributed by atoms with Gasteiger partial charge >= 0.3 is 7.12 Å². The van der Waals surface area contributed by atoms with Crippen LogP contribution in [0.4, 0.5) is 4.39 Å². The molecular formula is C14H19BClFO3. The van der Waals surface area contributed by atoms with Crippen LogP contribution in [0.15, 0.2) is 12.1 Å². The number of hydrogen-bond donors (Lipinski definition) is 0. The zero-order valence-corrected chi connectivity index (χ0v) is 13.2. The molecule has 0 spiro atoms. The van der Waals surface area contributed by atoms with Crippen LogP contribution in [-0.2, 0) is 9.31 Å². The molecule has 1 fully saturated rings. The third-order valence-electron chi connectivity index (χ3n) is 3.88. The summed E-state index contributed by atoms with van der Waals surface area (Å²) in [5, 5.41) is 0.268. The maximum absolute atomic E-state index is 14.5. The van der Waals surface area contributed by atoms with Gasteiger partial charge in [0.05, 0.1) is 17.8 Å². The van der Waals surface area contributed by atoms with Gasteiger partial charge in [0.2, 0.25) is 0 Å². The highest BCUT2D eigenvalue weighted by Gasteiger charge is 2.53. The topological polar surface area (TPSA) is 27.7 Å². The van der Waals surface area contributed by atoms with E-state index < -0.39 is 24.1 Å². The molecule has 1 aromatic carbocycles. The van der Waals surface area contributed by atoms with Gasteiger partial charge in [0.25, 0.3) is 0 Å². The molecule has 20 heavy (non-hydrogen) atoms. The van der Waals surface area contributed by atoms with E-state index in [1.807, 2.05) is 27.7 Å². The lowest BCUT2D eigenvalue weighted by Gasteiger charge is -2.32. The van der Waals surface area contributed by atoms with Gasteiger partial charge in [0, 0.05) is 10.5 Å². The first-order valence-corrected chi connectivity index (χ1v) is 7.03. The molecule has 1 aliphatic heterocycles. The van der Waals surface area contributed by atoms with E-state index >= 15 is 0 Å². The molecule has 1 saturated heterocycles. The van der Waals surface area contributed by atoms with E-state index in [9.17, 15) is 4.39 Å². The first kappa shape index (κ1) is 15.6. The molecule has 0 aromatic heterocycles. The summed E-state index contributed by atoms with van der Waals surface area (Å²) in [4.78, 5) is 0. The molecular weight excluding hydrogens is 281 g/mol. The van der Waals surface area contributed by atoms with Crippen LogP contribution in [0.5, 0.6) is 5.75 Å². The molecule has 0 unspecified atom stereocenters. The Morgan fingerprint density at radius 1 is 1.20 bits per heavy atom. The smallest absolute Gasteiger partial charge is 0.491 e. The van der Waals surface area contributed by atoms with Gasteiger partial charge in [-0.1, -0.05) is 11.6 Å². The summed E-state index contributed by atoms with van der Waals surface area (Å²) in [5.41, 5.74) is -0.902. The molecule has 1 aliphatic rings. The van der Waals surface area contributed by atoms with Gasteiger partial charge in [-0.05, 0) is 46.8 Å².